The molecule has 0 saturated carbocycles. The third kappa shape index (κ3) is 4.16. The molecule has 19 heavy (non-hydrogen) atoms. The van der Waals surface area contributed by atoms with E-state index in [1.165, 1.54) is 0 Å². The predicted octanol–water partition coefficient (Wildman–Crippen LogP) is 3.72. The van der Waals surface area contributed by atoms with E-state index >= 15 is 0 Å². The van der Waals surface area contributed by atoms with E-state index in [2.05, 4.69) is 14.9 Å². The van der Waals surface area contributed by atoms with Gasteiger partial charge in [0.25, 0.3) is 0 Å². The third-order valence-electron chi connectivity index (χ3n) is 2.71. The van der Waals surface area contributed by atoms with Gasteiger partial charge in [0.2, 0.25) is 0 Å². The number of hydrogen-bond donors (Lipinski definition) is 0. The summed E-state index contributed by atoms with van der Waals surface area (Å²) in [6.07, 6.45) is 0. The van der Waals surface area contributed by atoms with Gasteiger partial charge in [-0.2, -0.15) is 0 Å². The Bertz CT molecular complexity index is 572. The van der Waals surface area contributed by atoms with Crippen molar-refractivity contribution >= 4 is 23.2 Å². The van der Waals surface area contributed by atoms with Gasteiger partial charge in [-0.25, -0.2) is 4.98 Å². The molecule has 0 fully saturated rings. The SMILES string of the molecule is Cc1cccc(CN(C)Cc2ccc(Cl)nc2Cl)n1. The largest absolute Gasteiger partial charge is 0.296 e. The summed E-state index contributed by atoms with van der Waals surface area (Å²) in [6.45, 7) is 3.46. The number of halogens is 2. The van der Waals surface area contributed by atoms with Gasteiger partial charge in [-0.05, 0) is 32.2 Å². The lowest BCUT2D eigenvalue weighted by molar-refractivity contribution is 0.314. The first-order valence-corrected chi connectivity index (χ1v) is 6.72. The van der Waals surface area contributed by atoms with Crippen LogP contribution in [0.5, 0.6) is 0 Å². The standard InChI is InChI=1S/C14H15Cl2N3/c1-10-4-3-5-12(17-10)9-19(2)8-11-6-7-13(15)18-14(11)16/h3-7H,8-9H2,1-2H3. The first-order chi connectivity index (χ1) is 9.04. The summed E-state index contributed by atoms with van der Waals surface area (Å²) in [5.41, 5.74) is 3.03. The second-order valence-electron chi connectivity index (χ2n) is 4.53. The molecule has 0 atom stereocenters. The molecule has 0 saturated heterocycles. The topological polar surface area (TPSA) is 29.0 Å². The highest BCUT2D eigenvalue weighted by Crippen LogP contribution is 2.18. The Hall–Kier alpha value is -1.16. The predicted molar refractivity (Wildman–Crippen MR) is 78.4 cm³/mol. The van der Waals surface area contributed by atoms with Crippen molar-refractivity contribution in [2.45, 2.75) is 20.0 Å². The molecule has 0 aliphatic heterocycles. The van der Waals surface area contributed by atoms with Crippen LogP contribution in [0.1, 0.15) is 17.0 Å². The Labute approximate surface area is 123 Å². The average molecular weight is 296 g/mol. The van der Waals surface area contributed by atoms with Gasteiger partial charge >= 0.3 is 0 Å². The Kier molecular flexibility index (Phi) is 4.75. The third-order valence-corrected chi connectivity index (χ3v) is 3.25. The minimum atomic E-state index is 0.414. The smallest absolute Gasteiger partial charge is 0.135 e. The van der Waals surface area contributed by atoms with Crippen molar-refractivity contribution in [3.05, 3.63) is 57.6 Å². The zero-order chi connectivity index (χ0) is 13.8. The summed E-state index contributed by atoms with van der Waals surface area (Å²) in [6, 6.07) is 9.68. The van der Waals surface area contributed by atoms with Crippen molar-refractivity contribution in [2.75, 3.05) is 7.05 Å². The summed E-state index contributed by atoms with van der Waals surface area (Å²) in [4.78, 5) is 10.7. The van der Waals surface area contributed by atoms with Crippen LogP contribution in [0, 0.1) is 6.92 Å². The van der Waals surface area contributed by atoms with Crippen molar-refractivity contribution in [1.82, 2.24) is 14.9 Å². The maximum Gasteiger partial charge on any atom is 0.135 e. The van der Waals surface area contributed by atoms with Gasteiger partial charge in [-0.3, -0.25) is 9.88 Å². The number of aromatic nitrogens is 2. The fourth-order valence-corrected chi connectivity index (χ4v) is 2.27. The van der Waals surface area contributed by atoms with Gasteiger partial charge in [0.05, 0.1) is 5.69 Å². The minimum absolute atomic E-state index is 0.414. The molecule has 2 aromatic heterocycles. The van der Waals surface area contributed by atoms with Gasteiger partial charge in [0, 0.05) is 24.3 Å². The quantitative estimate of drug-likeness (QED) is 0.805. The van der Waals surface area contributed by atoms with Crippen LogP contribution in [0.15, 0.2) is 30.3 Å². The Morgan fingerprint density at radius 3 is 2.53 bits per heavy atom. The van der Waals surface area contributed by atoms with Crippen molar-refractivity contribution in [3.63, 3.8) is 0 Å². The van der Waals surface area contributed by atoms with Crippen molar-refractivity contribution < 1.29 is 0 Å². The van der Waals surface area contributed by atoms with Crippen LogP contribution >= 0.6 is 23.2 Å². The van der Waals surface area contributed by atoms with Crippen LogP contribution < -0.4 is 0 Å². The highest BCUT2D eigenvalue weighted by Gasteiger charge is 2.07. The summed E-state index contributed by atoms with van der Waals surface area (Å²) < 4.78 is 0. The van der Waals surface area contributed by atoms with Crippen LogP contribution in [-0.2, 0) is 13.1 Å². The number of nitrogens with zero attached hydrogens (tertiary/aromatic N) is 3. The summed E-state index contributed by atoms with van der Waals surface area (Å²) in [7, 11) is 2.02. The Morgan fingerprint density at radius 2 is 1.84 bits per heavy atom. The highest BCUT2D eigenvalue weighted by atomic mass is 35.5. The van der Waals surface area contributed by atoms with Crippen LogP contribution in [0.2, 0.25) is 10.3 Å². The first-order valence-electron chi connectivity index (χ1n) is 5.96. The number of hydrogen-bond acceptors (Lipinski definition) is 3. The molecule has 5 heteroatoms. The average Bonchev–Trinajstić information content (AvgIpc) is 2.33. The molecule has 0 radical (unpaired) electrons. The molecule has 0 bridgehead atoms. The van der Waals surface area contributed by atoms with Crippen LogP contribution in [0.25, 0.3) is 0 Å². The molecular formula is C14H15Cl2N3. The molecule has 3 nitrogen and oxygen atoms in total. The Morgan fingerprint density at radius 1 is 1.05 bits per heavy atom. The van der Waals surface area contributed by atoms with Crippen molar-refractivity contribution in [1.29, 1.82) is 0 Å². The second-order valence-corrected chi connectivity index (χ2v) is 5.27. The van der Waals surface area contributed by atoms with Gasteiger partial charge in [-0.15, -0.1) is 0 Å². The molecule has 2 aromatic rings. The van der Waals surface area contributed by atoms with Gasteiger partial charge < -0.3 is 0 Å². The van der Waals surface area contributed by atoms with E-state index in [1.807, 2.05) is 38.2 Å². The fourth-order valence-electron chi connectivity index (χ4n) is 1.87. The van der Waals surface area contributed by atoms with E-state index in [9.17, 15) is 0 Å². The summed E-state index contributed by atoms with van der Waals surface area (Å²) in [5, 5.41) is 0.869. The number of aryl methyl sites for hydroxylation is 1. The summed E-state index contributed by atoms with van der Waals surface area (Å²) in [5.74, 6) is 0. The van der Waals surface area contributed by atoms with Crippen LogP contribution in [-0.4, -0.2) is 21.9 Å². The zero-order valence-electron chi connectivity index (χ0n) is 10.9. The maximum atomic E-state index is 6.06. The molecule has 0 aliphatic carbocycles. The molecule has 0 aromatic carbocycles. The Balaban J connectivity index is 2.03. The van der Waals surface area contributed by atoms with Crippen LogP contribution in [0.3, 0.4) is 0 Å². The van der Waals surface area contributed by atoms with Gasteiger partial charge in [0.15, 0.2) is 0 Å². The molecule has 2 heterocycles. The molecule has 0 amide bonds. The van der Waals surface area contributed by atoms with Crippen LogP contribution in [0.4, 0.5) is 0 Å². The molecule has 0 spiro atoms. The molecule has 0 N–H and O–H groups in total. The van der Waals surface area contributed by atoms with E-state index in [4.69, 9.17) is 23.2 Å². The van der Waals surface area contributed by atoms with Gasteiger partial charge in [-0.1, -0.05) is 35.3 Å². The van der Waals surface area contributed by atoms with Crippen molar-refractivity contribution in [3.8, 4) is 0 Å². The molecule has 0 aliphatic rings. The minimum Gasteiger partial charge on any atom is -0.296 e. The van der Waals surface area contributed by atoms with E-state index in [0.29, 0.717) is 16.9 Å². The highest BCUT2D eigenvalue weighted by molar-refractivity contribution is 6.32. The monoisotopic (exact) mass is 295 g/mol. The molecular weight excluding hydrogens is 281 g/mol. The zero-order valence-corrected chi connectivity index (χ0v) is 12.4. The lowest BCUT2D eigenvalue weighted by Gasteiger charge is -2.17. The first kappa shape index (κ1) is 14.3. The number of rotatable bonds is 4. The maximum absolute atomic E-state index is 6.06. The normalized spacial score (nSPS) is 11.0. The second kappa shape index (κ2) is 6.33. The lowest BCUT2D eigenvalue weighted by Crippen LogP contribution is -2.18. The van der Waals surface area contributed by atoms with Crippen molar-refractivity contribution in [2.24, 2.45) is 0 Å². The molecule has 100 valence electrons. The van der Waals surface area contributed by atoms with E-state index in [0.717, 1.165) is 23.5 Å². The van der Waals surface area contributed by atoms with E-state index in [-0.39, 0.29) is 0 Å². The van der Waals surface area contributed by atoms with E-state index < -0.39 is 0 Å². The van der Waals surface area contributed by atoms with Gasteiger partial charge in [0.1, 0.15) is 10.3 Å². The molecule has 0 unspecified atom stereocenters. The molecule has 2 rings (SSSR count). The fraction of sp³-hybridized carbons (Fsp3) is 0.286. The van der Waals surface area contributed by atoms with E-state index in [1.54, 1.807) is 6.07 Å². The number of pyridine rings is 2. The lowest BCUT2D eigenvalue weighted by atomic mass is 10.2. The summed E-state index contributed by atoms with van der Waals surface area (Å²) >= 11 is 11.8.